The summed E-state index contributed by atoms with van der Waals surface area (Å²) < 4.78 is 0.509. The van der Waals surface area contributed by atoms with Gasteiger partial charge in [-0.1, -0.05) is 52.9 Å². The van der Waals surface area contributed by atoms with E-state index in [1.807, 2.05) is 40.8 Å². The van der Waals surface area contributed by atoms with Gasteiger partial charge in [0.2, 0.25) is 6.04 Å². The van der Waals surface area contributed by atoms with E-state index < -0.39 is 6.04 Å². The van der Waals surface area contributed by atoms with E-state index in [1.165, 1.54) is 0 Å². The summed E-state index contributed by atoms with van der Waals surface area (Å²) in [6.45, 7) is 0. The van der Waals surface area contributed by atoms with Gasteiger partial charge in [-0.15, -0.1) is 0 Å². The van der Waals surface area contributed by atoms with Crippen LogP contribution in [-0.2, 0) is 0 Å². The van der Waals surface area contributed by atoms with Crippen LogP contribution < -0.4 is 0 Å². The smallest absolute Gasteiger partial charge is 0.246 e. The van der Waals surface area contributed by atoms with Crippen molar-refractivity contribution in [2.75, 3.05) is 4.43 Å². The van der Waals surface area contributed by atoms with Gasteiger partial charge in [0.15, 0.2) is 0 Å². The maximum atomic E-state index is 10.5. The molecule has 0 N–H and O–H groups in total. The molecule has 0 aliphatic carbocycles. The second-order valence-corrected chi connectivity index (χ2v) is 3.25. The van der Waals surface area contributed by atoms with Crippen LogP contribution in [0, 0.1) is 10.1 Å². The summed E-state index contributed by atoms with van der Waals surface area (Å²) in [6.07, 6.45) is 0. The fourth-order valence-corrected chi connectivity index (χ4v) is 1.77. The monoisotopic (exact) mass is 277 g/mol. The number of benzene rings is 1. The maximum Gasteiger partial charge on any atom is 0.246 e. The van der Waals surface area contributed by atoms with Crippen LogP contribution in [0.1, 0.15) is 11.6 Å². The van der Waals surface area contributed by atoms with E-state index in [1.54, 1.807) is 12.1 Å². The first kappa shape index (κ1) is 9.44. The summed E-state index contributed by atoms with van der Waals surface area (Å²) in [4.78, 5) is 10.3. The van der Waals surface area contributed by atoms with Gasteiger partial charge in [-0.3, -0.25) is 10.1 Å². The Labute approximate surface area is 84.1 Å². The van der Waals surface area contributed by atoms with Crippen molar-refractivity contribution in [1.82, 2.24) is 0 Å². The second-order valence-electron chi connectivity index (χ2n) is 2.37. The largest absolute Gasteiger partial charge is 0.264 e. The minimum Gasteiger partial charge on any atom is -0.264 e. The fourth-order valence-electron chi connectivity index (χ4n) is 0.942. The van der Waals surface area contributed by atoms with Crippen molar-refractivity contribution in [1.29, 1.82) is 0 Å². The summed E-state index contributed by atoms with van der Waals surface area (Å²) >= 11 is 2.03. The maximum absolute atomic E-state index is 10.5. The zero-order valence-corrected chi connectivity index (χ0v) is 8.47. The van der Waals surface area contributed by atoms with Crippen LogP contribution >= 0.6 is 22.6 Å². The Balaban J connectivity index is 2.88. The number of rotatable bonds is 3. The van der Waals surface area contributed by atoms with E-state index in [4.69, 9.17) is 0 Å². The van der Waals surface area contributed by atoms with Crippen LogP contribution in [0.15, 0.2) is 30.3 Å². The van der Waals surface area contributed by atoms with Crippen molar-refractivity contribution in [2.45, 2.75) is 6.04 Å². The van der Waals surface area contributed by atoms with Crippen LogP contribution in [0.4, 0.5) is 0 Å². The van der Waals surface area contributed by atoms with Crippen molar-refractivity contribution in [3.63, 3.8) is 0 Å². The van der Waals surface area contributed by atoms with Crippen molar-refractivity contribution < 1.29 is 4.92 Å². The van der Waals surface area contributed by atoms with Crippen LogP contribution in [-0.4, -0.2) is 9.35 Å². The van der Waals surface area contributed by atoms with Gasteiger partial charge in [-0.2, -0.15) is 0 Å². The highest BCUT2D eigenvalue weighted by atomic mass is 127. The zero-order chi connectivity index (χ0) is 8.97. The lowest BCUT2D eigenvalue weighted by Gasteiger charge is -2.04. The zero-order valence-electron chi connectivity index (χ0n) is 6.31. The molecule has 0 saturated carbocycles. The molecular weight excluding hydrogens is 269 g/mol. The molecule has 1 aromatic rings. The first-order valence-electron chi connectivity index (χ1n) is 3.50. The third-order valence-corrected chi connectivity index (χ3v) is 2.42. The van der Waals surface area contributed by atoms with Gasteiger partial charge < -0.3 is 0 Å². The predicted octanol–water partition coefficient (Wildman–Crippen LogP) is 2.44. The van der Waals surface area contributed by atoms with E-state index in [-0.39, 0.29) is 4.92 Å². The third kappa shape index (κ3) is 2.17. The molecule has 12 heavy (non-hydrogen) atoms. The lowest BCUT2D eigenvalue weighted by atomic mass is 10.1. The highest BCUT2D eigenvalue weighted by Crippen LogP contribution is 2.17. The quantitative estimate of drug-likeness (QED) is 0.368. The van der Waals surface area contributed by atoms with E-state index >= 15 is 0 Å². The van der Waals surface area contributed by atoms with Crippen molar-refractivity contribution >= 4 is 22.6 Å². The van der Waals surface area contributed by atoms with E-state index in [9.17, 15) is 10.1 Å². The Morgan fingerprint density at radius 2 is 2.00 bits per heavy atom. The number of hydrogen-bond acceptors (Lipinski definition) is 2. The van der Waals surface area contributed by atoms with E-state index in [0.29, 0.717) is 4.43 Å². The number of hydrogen-bond donors (Lipinski definition) is 0. The molecule has 0 spiro atoms. The van der Waals surface area contributed by atoms with E-state index in [2.05, 4.69) is 0 Å². The number of nitrogens with zero attached hydrogens (tertiary/aromatic N) is 1. The lowest BCUT2D eigenvalue weighted by molar-refractivity contribution is -0.522. The highest BCUT2D eigenvalue weighted by Gasteiger charge is 2.19. The first-order valence-corrected chi connectivity index (χ1v) is 5.02. The molecule has 0 bridgehead atoms. The summed E-state index contributed by atoms with van der Waals surface area (Å²) in [7, 11) is 0. The van der Waals surface area contributed by atoms with Gasteiger partial charge in [0, 0.05) is 10.5 Å². The van der Waals surface area contributed by atoms with Gasteiger partial charge in [0.05, 0.1) is 4.43 Å². The molecular formula is C8H8INO2. The summed E-state index contributed by atoms with van der Waals surface area (Å²) in [5.74, 6) is 0. The minimum absolute atomic E-state index is 0.248. The Bertz CT molecular complexity index is 263. The van der Waals surface area contributed by atoms with Crippen molar-refractivity contribution in [3.05, 3.63) is 46.0 Å². The Hall–Kier alpha value is -0.650. The molecule has 0 fully saturated rings. The number of alkyl halides is 1. The molecule has 1 rings (SSSR count). The molecule has 1 unspecified atom stereocenters. The summed E-state index contributed by atoms with van der Waals surface area (Å²) in [5.41, 5.74) is 0.775. The van der Waals surface area contributed by atoms with Crippen LogP contribution in [0.3, 0.4) is 0 Å². The van der Waals surface area contributed by atoms with E-state index in [0.717, 1.165) is 5.56 Å². The SMILES string of the molecule is O=[N+]([O-])C(CI)c1ccccc1. The Morgan fingerprint density at radius 1 is 1.42 bits per heavy atom. The van der Waals surface area contributed by atoms with Gasteiger partial charge in [-0.05, 0) is 0 Å². The average Bonchev–Trinajstić information content (AvgIpc) is 2.07. The molecule has 3 nitrogen and oxygen atoms in total. The Morgan fingerprint density at radius 3 is 2.42 bits per heavy atom. The molecule has 1 atom stereocenters. The molecule has 0 saturated heterocycles. The van der Waals surface area contributed by atoms with Crippen LogP contribution in [0.25, 0.3) is 0 Å². The molecule has 0 amide bonds. The van der Waals surface area contributed by atoms with Crippen LogP contribution in [0.2, 0.25) is 0 Å². The normalized spacial score (nSPS) is 12.4. The Kier molecular flexibility index (Phi) is 3.46. The molecule has 0 heterocycles. The topological polar surface area (TPSA) is 43.1 Å². The summed E-state index contributed by atoms with van der Waals surface area (Å²) in [6, 6.07) is 8.49. The van der Waals surface area contributed by atoms with Crippen molar-refractivity contribution in [2.24, 2.45) is 0 Å². The molecule has 4 heteroatoms. The third-order valence-electron chi connectivity index (χ3n) is 1.58. The van der Waals surface area contributed by atoms with Crippen molar-refractivity contribution in [3.8, 4) is 0 Å². The highest BCUT2D eigenvalue weighted by molar-refractivity contribution is 14.1. The molecule has 0 aromatic heterocycles. The second kappa shape index (κ2) is 4.39. The predicted molar refractivity (Wildman–Crippen MR) is 55.1 cm³/mol. The van der Waals surface area contributed by atoms with Gasteiger partial charge >= 0.3 is 0 Å². The van der Waals surface area contributed by atoms with Gasteiger partial charge in [-0.25, -0.2) is 0 Å². The van der Waals surface area contributed by atoms with Gasteiger partial charge in [0.1, 0.15) is 0 Å². The van der Waals surface area contributed by atoms with Gasteiger partial charge in [0.25, 0.3) is 0 Å². The summed E-state index contributed by atoms with van der Waals surface area (Å²) in [5, 5.41) is 10.5. The molecule has 0 aliphatic rings. The molecule has 1 aromatic carbocycles. The fraction of sp³-hybridized carbons (Fsp3) is 0.250. The first-order chi connectivity index (χ1) is 5.75. The molecule has 0 radical (unpaired) electrons. The molecule has 0 aliphatic heterocycles. The number of halogens is 1. The average molecular weight is 277 g/mol. The van der Waals surface area contributed by atoms with Crippen LogP contribution in [0.5, 0.6) is 0 Å². The number of nitro groups is 1. The molecule has 64 valence electrons. The minimum atomic E-state index is -0.563. The standard InChI is InChI=1S/C8H8INO2/c9-6-8(10(11)12)7-4-2-1-3-5-7/h1-5,8H,6H2. The lowest BCUT2D eigenvalue weighted by Crippen LogP contribution is -2.11.